The van der Waals surface area contributed by atoms with Crippen molar-refractivity contribution in [3.05, 3.63) is 0 Å². The molecule has 14 heavy (non-hydrogen) atoms. The Kier molecular flexibility index (Phi) is 15.4. The molecule has 0 fully saturated rings. The first-order chi connectivity index (χ1) is 5.60. The van der Waals surface area contributed by atoms with Crippen LogP contribution in [0.1, 0.15) is 6.42 Å². The molecule has 0 atom stereocenters. The van der Waals surface area contributed by atoms with Gasteiger partial charge in [0.1, 0.15) is 6.42 Å². The maximum atomic E-state index is 11.1. The van der Waals surface area contributed by atoms with Gasteiger partial charge in [-0.15, -0.1) is 0 Å². The fourth-order valence-electron chi connectivity index (χ4n) is 0.323. The van der Waals surface area contributed by atoms with E-state index in [1.165, 1.54) is 0 Å². The molecule has 0 aliphatic carbocycles. The van der Waals surface area contributed by atoms with Crippen molar-refractivity contribution in [2.75, 3.05) is 0 Å². The van der Waals surface area contributed by atoms with Crippen molar-refractivity contribution < 1.29 is 38.1 Å². The van der Waals surface area contributed by atoms with Gasteiger partial charge in [0, 0.05) is 0 Å². The molecule has 1 N–H and O–H groups in total. The first-order valence-electron chi connectivity index (χ1n) is 2.56. The van der Waals surface area contributed by atoms with Gasteiger partial charge in [-0.25, -0.2) is 0 Å². The Morgan fingerprint density at radius 1 is 1.21 bits per heavy atom. The van der Waals surface area contributed by atoms with Crippen LogP contribution in [-0.4, -0.2) is 62.1 Å². The van der Waals surface area contributed by atoms with Gasteiger partial charge in [0.05, 0.1) is 0 Å². The molecule has 0 aromatic rings. The Morgan fingerprint density at radius 2 is 1.64 bits per heavy atom. The van der Waals surface area contributed by atoms with E-state index in [0.717, 1.165) is 0 Å². The van der Waals surface area contributed by atoms with Crippen molar-refractivity contribution in [3.63, 3.8) is 0 Å². The second kappa shape index (κ2) is 11.1. The maximum absolute atomic E-state index is 11.1. The number of hydrogen-bond acceptors (Lipinski definition) is 5. The molecule has 0 bridgehead atoms. The fraction of sp³-hybridized carbons (Fsp3) is 0.333. The molecule has 0 amide bonds. The van der Waals surface area contributed by atoms with E-state index >= 15 is 0 Å². The summed E-state index contributed by atoms with van der Waals surface area (Å²) in [6, 6.07) is 0. The molecule has 11 heteroatoms. The zero-order chi connectivity index (χ0) is 9.56. The van der Waals surface area contributed by atoms with Crippen LogP contribution in [0.5, 0.6) is 0 Å². The van der Waals surface area contributed by atoms with Crippen LogP contribution in [0, 0.1) is 0 Å². The molecule has 0 rings (SSSR count). The minimum absolute atomic E-state index is 0. The summed E-state index contributed by atoms with van der Waals surface area (Å²) in [5.74, 6) is -2.89. The van der Waals surface area contributed by atoms with E-state index in [-0.39, 0.29) is 37.7 Å². The van der Waals surface area contributed by atoms with Gasteiger partial charge in [0.2, 0.25) is 0 Å². The molecular formula is C3H5BF2Li2O6. The van der Waals surface area contributed by atoms with E-state index in [9.17, 15) is 18.6 Å². The molecule has 0 aliphatic rings. The Hall–Kier alpha value is -0.0203. The van der Waals surface area contributed by atoms with Crippen LogP contribution in [0.4, 0.5) is 9.05 Å². The summed E-state index contributed by atoms with van der Waals surface area (Å²) in [6.07, 6.45) is -1.04. The van der Waals surface area contributed by atoms with Gasteiger partial charge >= 0.3 is 57.0 Å². The third-order valence-electron chi connectivity index (χ3n) is 0.669. The number of rotatable bonds is 5. The van der Waals surface area contributed by atoms with Gasteiger partial charge in [-0.2, -0.15) is 9.72 Å². The quantitative estimate of drug-likeness (QED) is 0.429. The molecule has 0 radical (unpaired) electrons. The number of hydrogen-bond donors (Lipinski definition) is 1. The van der Waals surface area contributed by atoms with Crippen LogP contribution in [0.15, 0.2) is 0 Å². The van der Waals surface area contributed by atoms with Crippen LogP contribution in [0.3, 0.4) is 0 Å². The van der Waals surface area contributed by atoms with E-state index in [1.807, 2.05) is 0 Å². The van der Waals surface area contributed by atoms with E-state index in [0.29, 0.717) is 0 Å². The molecule has 6 nitrogen and oxygen atoms in total. The summed E-state index contributed by atoms with van der Waals surface area (Å²) in [6.45, 7) is 0. The zero-order valence-corrected chi connectivity index (χ0v) is 5.53. The van der Waals surface area contributed by atoms with Crippen molar-refractivity contribution in [2.45, 2.75) is 6.42 Å². The van der Waals surface area contributed by atoms with E-state index in [2.05, 4.69) is 14.4 Å². The van der Waals surface area contributed by atoms with E-state index < -0.39 is 25.7 Å². The molecule has 0 heterocycles. The van der Waals surface area contributed by atoms with Gasteiger partial charge in [-0.1, -0.05) is 9.05 Å². The fourth-order valence-corrected chi connectivity index (χ4v) is 0.323. The molecule has 0 aromatic heterocycles. The third kappa shape index (κ3) is 10.1. The predicted molar refractivity (Wildman–Crippen MR) is 42.8 cm³/mol. The van der Waals surface area contributed by atoms with Crippen LogP contribution < -0.4 is 0 Å². The van der Waals surface area contributed by atoms with Crippen molar-refractivity contribution in [1.82, 2.24) is 0 Å². The number of carboxylic acid groups (broad SMARTS) is 1. The third-order valence-corrected chi connectivity index (χ3v) is 0.669. The molecular weight excluding hydrogens is 195 g/mol. The Morgan fingerprint density at radius 3 is 1.93 bits per heavy atom. The molecule has 0 saturated heterocycles. The van der Waals surface area contributed by atoms with Gasteiger partial charge < -0.3 is 9.76 Å². The van der Waals surface area contributed by atoms with Gasteiger partial charge in [-0.3, -0.25) is 9.59 Å². The summed E-state index contributed by atoms with van der Waals surface area (Å²) in [5.41, 5.74) is 0. The predicted octanol–water partition coefficient (Wildman–Crippen LogP) is -1.51. The Bertz CT molecular complexity index is 178. The monoisotopic (exact) mass is 200 g/mol. The number of aliphatic carboxylic acids is 1. The van der Waals surface area contributed by atoms with Gasteiger partial charge in [-0.05, 0) is 0 Å². The average molecular weight is 200 g/mol. The summed E-state index contributed by atoms with van der Waals surface area (Å²) >= 11 is 0. The number of halogens is 2. The van der Waals surface area contributed by atoms with Gasteiger partial charge in [0.25, 0.3) is 0 Å². The van der Waals surface area contributed by atoms with E-state index in [1.54, 1.807) is 0 Å². The first kappa shape index (κ1) is 19.5. The summed E-state index contributed by atoms with van der Waals surface area (Å²) in [7, 11) is -2.48. The number of carbonyl (C=O) groups is 2. The Labute approximate surface area is 102 Å². The number of carboxylic acids is 1. The average Bonchev–Trinajstić information content (AvgIpc) is 1.98. The molecule has 0 spiro atoms. The second-order valence-corrected chi connectivity index (χ2v) is 1.53. The topological polar surface area (TPSA) is 82.1 Å². The molecule has 0 aliphatic heterocycles. The van der Waals surface area contributed by atoms with Crippen LogP contribution in [0.2, 0.25) is 0 Å². The molecule has 0 saturated carbocycles. The second-order valence-electron chi connectivity index (χ2n) is 1.53. The molecule has 0 aromatic carbocycles. The Balaban J connectivity index is -0.000000605. The van der Waals surface area contributed by atoms with E-state index in [4.69, 9.17) is 5.11 Å². The van der Waals surface area contributed by atoms with Crippen molar-refractivity contribution in [3.8, 4) is 0 Å². The molecule has 72 valence electrons. The van der Waals surface area contributed by atoms with Crippen LogP contribution in [-0.2, 0) is 24.0 Å². The van der Waals surface area contributed by atoms with Crippen molar-refractivity contribution >= 4 is 57.0 Å². The summed E-state index contributed by atoms with van der Waals surface area (Å²) < 4.78 is 25.8. The van der Waals surface area contributed by atoms with Crippen LogP contribution >= 0.6 is 0 Å². The van der Waals surface area contributed by atoms with Gasteiger partial charge in [0.15, 0.2) is 0 Å². The summed E-state index contributed by atoms with van der Waals surface area (Å²) in [4.78, 5) is 25.3. The minimum atomic E-state index is -2.48. The zero-order valence-electron chi connectivity index (χ0n) is 5.53. The SMILES string of the molecule is O=C(O)CC(=O)OB(OF)OF.[LiH].[LiH]. The standard InChI is InChI=1S/C3H3BF2O6.2Li.2H/c5-11-4(12-6)10-3(9)1-2(7)8;;;;/h1H2,(H,7,8);;;;. The first-order valence-corrected chi connectivity index (χ1v) is 2.56. The summed E-state index contributed by atoms with van der Waals surface area (Å²) in [5, 5.41) is 7.97. The van der Waals surface area contributed by atoms with Crippen molar-refractivity contribution in [2.24, 2.45) is 0 Å². The van der Waals surface area contributed by atoms with Crippen molar-refractivity contribution in [1.29, 1.82) is 0 Å². The molecule has 0 unspecified atom stereocenters. The van der Waals surface area contributed by atoms with Crippen LogP contribution in [0.25, 0.3) is 0 Å². The number of carbonyl (C=O) groups excluding carboxylic acids is 1. The normalized spacial score (nSPS) is 7.86.